The highest BCUT2D eigenvalue weighted by Gasteiger charge is 2.08. The van der Waals surface area contributed by atoms with Gasteiger partial charge >= 0.3 is 11.9 Å². The molecule has 0 spiro atoms. The molecule has 2 aromatic carbocycles. The maximum Gasteiger partial charge on any atom is 0.302 e. The van der Waals surface area contributed by atoms with Crippen LogP contribution in [0, 0.1) is 10.1 Å². The smallest absolute Gasteiger partial charge is 0.302 e. The summed E-state index contributed by atoms with van der Waals surface area (Å²) >= 11 is 0. The first-order valence-electron chi connectivity index (χ1n) is 10.1. The van der Waals surface area contributed by atoms with Crippen LogP contribution in [0.5, 0.6) is 0 Å². The lowest BCUT2D eigenvalue weighted by molar-refractivity contribution is -0.384. The van der Waals surface area contributed by atoms with Crippen LogP contribution >= 0.6 is 0 Å². The lowest BCUT2D eigenvalue weighted by atomic mass is 10.1. The summed E-state index contributed by atoms with van der Waals surface area (Å²) in [4.78, 5) is 34.3. The molecule has 0 aliphatic heterocycles. The van der Waals surface area contributed by atoms with Crippen molar-refractivity contribution in [2.75, 3.05) is 31.2 Å². The van der Waals surface area contributed by atoms with Gasteiger partial charge in [-0.25, -0.2) is 0 Å². The Morgan fingerprint density at radius 3 is 1.69 bits per heavy atom. The molecule has 0 atom stereocenters. The van der Waals surface area contributed by atoms with E-state index in [2.05, 4.69) is 0 Å². The zero-order valence-corrected chi connectivity index (χ0v) is 18.1. The molecule has 2 aromatic rings. The van der Waals surface area contributed by atoms with Crippen LogP contribution < -0.4 is 4.90 Å². The minimum Gasteiger partial charge on any atom is -0.464 e. The van der Waals surface area contributed by atoms with E-state index in [1.54, 1.807) is 12.1 Å². The van der Waals surface area contributed by atoms with Gasteiger partial charge in [0, 0.05) is 31.7 Å². The van der Waals surface area contributed by atoms with E-state index in [4.69, 9.17) is 9.47 Å². The zero-order valence-electron chi connectivity index (χ0n) is 18.1. The Hall–Kier alpha value is -3.94. The first kappa shape index (κ1) is 24.3. The van der Waals surface area contributed by atoms with Crippen LogP contribution in [0.1, 0.15) is 25.0 Å². The topological polar surface area (TPSA) is 99.0 Å². The van der Waals surface area contributed by atoms with E-state index < -0.39 is 4.92 Å². The molecule has 2 rings (SSSR count). The number of rotatable bonds is 11. The maximum atomic E-state index is 11.0. The Morgan fingerprint density at radius 1 is 0.844 bits per heavy atom. The number of nitro groups is 1. The van der Waals surface area contributed by atoms with Crippen LogP contribution in [0.4, 0.5) is 11.4 Å². The number of hydrogen-bond donors (Lipinski definition) is 0. The second-order valence-corrected chi connectivity index (χ2v) is 6.83. The molecule has 0 amide bonds. The van der Waals surface area contributed by atoms with Crippen molar-refractivity contribution in [1.29, 1.82) is 0 Å². The van der Waals surface area contributed by atoms with Crippen molar-refractivity contribution in [1.82, 2.24) is 0 Å². The molecular formula is C24H26N2O6. The molecule has 0 radical (unpaired) electrons. The lowest BCUT2D eigenvalue weighted by Gasteiger charge is -2.24. The number of nitro benzene ring substituents is 1. The van der Waals surface area contributed by atoms with E-state index >= 15 is 0 Å². The van der Waals surface area contributed by atoms with Crippen molar-refractivity contribution >= 4 is 35.5 Å². The molecule has 0 heterocycles. The number of carbonyl (C=O) groups excluding carboxylic acids is 2. The molecule has 0 aromatic heterocycles. The fourth-order valence-corrected chi connectivity index (χ4v) is 2.81. The number of non-ortho nitro benzene ring substituents is 1. The Labute approximate surface area is 186 Å². The van der Waals surface area contributed by atoms with Crippen molar-refractivity contribution in [3.8, 4) is 0 Å². The highest BCUT2D eigenvalue weighted by Crippen LogP contribution is 2.17. The van der Waals surface area contributed by atoms with Gasteiger partial charge in [0.1, 0.15) is 13.2 Å². The second-order valence-electron chi connectivity index (χ2n) is 6.83. The third kappa shape index (κ3) is 8.83. The molecule has 8 nitrogen and oxygen atoms in total. The van der Waals surface area contributed by atoms with Gasteiger partial charge in [-0.2, -0.15) is 0 Å². The average molecular weight is 438 g/mol. The Balaban J connectivity index is 1.97. The minimum absolute atomic E-state index is 0.0625. The van der Waals surface area contributed by atoms with Crippen molar-refractivity contribution in [3.63, 3.8) is 0 Å². The van der Waals surface area contributed by atoms with E-state index in [9.17, 15) is 19.7 Å². The van der Waals surface area contributed by atoms with Crippen LogP contribution in [0.2, 0.25) is 0 Å². The molecule has 0 saturated heterocycles. The van der Waals surface area contributed by atoms with Gasteiger partial charge in [0.25, 0.3) is 5.69 Å². The summed E-state index contributed by atoms with van der Waals surface area (Å²) in [6.07, 6.45) is 7.54. The van der Waals surface area contributed by atoms with Gasteiger partial charge in [-0.05, 0) is 35.4 Å². The lowest BCUT2D eigenvalue weighted by Crippen LogP contribution is -2.31. The van der Waals surface area contributed by atoms with E-state index in [1.807, 2.05) is 53.5 Å². The van der Waals surface area contributed by atoms with Gasteiger partial charge in [0.2, 0.25) is 0 Å². The molecular weight excluding hydrogens is 412 g/mol. The average Bonchev–Trinajstić information content (AvgIpc) is 2.76. The number of carbonyl (C=O) groups is 2. The standard InChI is InChI=1S/C24H26N2O6/c1-19(27)31-17-15-25(16-18-32-20(2)28)23-11-7-21(8-12-23)5-3-4-6-22-9-13-24(14-10-22)26(29)30/h3-14H,15-18H2,1-2H3. The first-order chi connectivity index (χ1) is 15.3. The van der Waals surface area contributed by atoms with Gasteiger partial charge in [-0.15, -0.1) is 0 Å². The molecule has 0 bridgehead atoms. The third-order valence-corrected chi connectivity index (χ3v) is 4.38. The Morgan fingerprint density at radius 2 is 1.28 bits per heavy atom. The largest absolute Gasteiger partial charge is 0.464 e. The number of benzene rings is 2. The van der Waals surface area contributed by atoms with Gasteiger partial charge < -0.3 is 14.4 Å². The summed E-state index contributed by atoms with van der Waals surface area (Å²) < 4.78 is 10.0. The molecule has 0 aliphatic rings. The van der Waals surface area contributed by atoms with Gasteiger partial charge in [0.15, 0.2) is 0 Å². The maximum absolute atomic E-state index is 11.0. The molecule has 0 saturated carbocycles. The molecule has 8 heteroatoms. The van der Waals surface area contributed by atoms with Gasteiger partial charge in [-0.3, -0.25) is 19.7 Å². The molecule has 32 heavy (non-hydrogen) atoms. The van der Waals surface area contributed by atoms with E-state index in [1.165, 1.54) is 26.0 Å². The van der Waals surface area contributed by atoms with Crippen molar-refractivity contribution in [3.05, 3.63) is 81.9 Å². The van der Waals surface area contributed by atoms with Crippen molar-refractivity contribution in [2.45, 2.75) is 13.8 Å². The van der Waals surface area contributed by atoms with Gasteiger partial charge in [-0.1, -0.05) is 36.4 Å². The molecule has 0 aliphatic carbocycles. The van der Waals surface area contributed by atoms with E-state index in [0.29, 0.717) is 13.1 Å². The zero-order chi connectivity index (χ0) is 23.3. The molecule has 168 valence electrons. The normalized spacial score (nSPS) is 10.9. The SMILES string of the molecule is CC(=O)OCCN(CCOC(C)=O)c1ccc(C=CC=Cc2ccc([N+](=O)[O-])cc2)cc1. The molecule has 0 unspecified atom stereocenters. The Kier molecular flexibility index (Phi) is 9.65. The summed E-state index contributed by atoms with van der Waals surface area (Å²) in [6.45, 7) is 4.16. The van der Waals surface area contributed by atoms with Crippen LogP contribution in [-0.4, -0.2) is 43.2 Å². The number of ether oxygens (including phenoxy) is 2. The monoisotopic (exact) mass is 438 g/mol. The van der Waals surface area contributed by atoms with Crippen molar-refractivity contribution < 1.29 is 24.0 Å². The number of allylic oxidation sites excluding steroid dienone is 2. The summed E-state index contributed by atoms with van der Waals surface area (Å²) in [5.41, 5.74) is 2.84. The van der Waals surface area contributed by atoms with Crippen LogP contribution in [-0.2, 0) is 19.1 Å². The Bertz CT molecular complexity index is 945. The van der Waals surface area contributed by atoms with Crippen LogP contribution in [0.15, 0.2) is 60.7 Å². The minimum atomic E-state index is -0.426. The summed E-state index contributed by atoms with van der Waals surface area (Å²) in [5, 5.41) is 10.7. The van der Waals surface area contributed by atoms with Crippen LogP contribution in [0.25, 0.3) is 12.2 Å². The quantitative estimate of drug-likeness (QED) is 0.224. The number of nitrogens with zero attached hydrogens (tertiary/aromatic N) is 2. The second kappa shape index (κ2) is 12.7. The number of esters is 2. The molecule has 0 fully saturated rings. The summed E-state index contributed by atoms with van der Waals surface area (Å²) in [6, 6.07) is 14.1. The first-order valence-corrected chi connectivity index (χ1v) is 10.1. The van der Waals surface area contributed by atoms with Gasteiger partial charge in [0.05, 0.1) is 18.0 Å². The van der Waals surface area contributed by atoms with E-state index in [-0.39, 0.29) is 30.8 Å². The highest BCUT2D eigenvalue weighted by atomic mass is 16.6. The predicted molar refractivity (Wildman–Crippen MR) is 123 cm³/mol. The summed E-state index contributed by atoms with van der Waals surface area (Å²) in [7, 11) is 0. The van der Waals surface area contributed by atoms with Crippen molar-refractivity contribution in [2.24, 2.45) is 0 Å². The number of hydrogen-bond acceptors (Lipinski definition) is 7. The fraction of sp³-hybridized carbons (Fsp3) is 0.250. The predicted octanol–water partition coefficient (Wildman–Crippen LogP) is 4.25. The summed E-state index contributed by atoms with van der Waals surface area (Å²) in [5.74, 6) is -0.681. The fourth-order valence-electron chi connectivity index (χ4n) is 2.81. The number of anilines is 1. The highest BCUT2D eigenvalue weighted by molar-refractivity contribution is 5.66. The van der Waals surface area contributed by atoms with E-state index in [0.717, 1.165) is 16.8 Å². The molecule has 0 N–H and O–H groups in total. The van der Waals surface area contributed by atoms with Crippen LogP contribution in [0.3, 0.4) is 0 Å². The third-order valence-electron chi connectivity index (χ3n) is 4.38.